The molecular weight excluding hydrogens is 417 g/mol. The summed E-state index contributed by atoms with van der Waals surface area (Å²) in [7, 11) is 2.02. The molecule has 1 amide bonds. The van der Waals surface area contributed by atoms with Crippen LogP contribution < -0.4 is 5.32 Å². The normalized spacial score (nSPS) is 22.9. The Labute approximate surface area is 178 Å². The molecule has 1 aliphatic carbocycles. The number of rotatable bonds is 6. The van der Waals surface area contributed by atoms with E-state index < -0.39 is 22.4 Å². The van der Waals surface area contributed by atoms with Crippen molar-refractivity contribution in [3.63, 3.8) is 0 Å². The number of hydrogen-bond donors (Lipinski definition) is 1. The van der Waals surface area contributed by atoms with Crippen LogP contribution in [0.5, 0.6) is 0 Å². The minimum absolute atomic E-state index is 0.0149. The Morgan fingerprint density at radius 1 is 1.19 bits per heavy atom. The van der Waals surface area contributed by atoms with Gasteiger partial charge in [0.05, 0.1) is 11.0 Å². The molecule has 1 aromatic carbocycles. The average Bonchev–Trinajstić information content (AvgIpc) is 2.72. The fourth-order valence-electron chi connectivity index (χ4n) is 3.96. The predicted molar refractivity (Wildman–Crippen MR) is 108 cm³/mol. The van der Waals surface area contributed by atoms with Gasteiger partial charge in [0.15, 0.2) is 0 Å². The molecule has 1 saturated heterocycles. The van der Waals surface area contributed by atoms with E-state index in [1.54, 1.807) is 4.90 Å². The number of carbonyl (C=O) groups is 1. The van der Waals surface area contributed by atoms with Crippen LogP contribution in [0.15, 0.2) is 18.2 Å². The number of likely N-dealkylation sites (N-methyl/N-ethyl adjacent to an activating group) is 1. The monoisotopic (exact) mass is 444 g/mol. The van der Waals surface area contributed by atoms with Crippen LogP contribution in [-0.2, 0) is 15.7 Å². The van der Waals surface area contributed by atoms with E-state index in [1.165, 1.54) is 6.07 Å². The maximum Gasteiger partial charge on any atom is 0.423 e. The second-order valence-electron chi connectivity index (χ2n) is 8.10. The lowest BCUT2D eigenvalue weighted by molar-refractivity contribution is -0.388. The van der Waals surface area contributed by atoms with Gasteiger partial charge in [-0.15, -0.1) is 0 Å². The van der Waals surface area contributed by atoms with Crippen molar-refractivity contribution in [3.8, 4) is 0 Å². The summed E-state index contributed by atoms with van der Waals surface area (Å²) >= 11 is 0. The lowest BCUT2D eigenvalue weighted by Gasteiger charge is -2.33. The minimum Gasteiger partial charge on any atom is -0.382 e. The molecule has 2 fully saturated rings. The molecule has 0 unspecified atom stereocenters. The summed E-state index contributed by atoms with van der Waals surface area (Å²) in [6.45, 7) is 3.14. The van der Waals surface area contributed by atoms with Crippen molar-refractivity contribution in [3.05, 3.63) is 33.9 Å². The minimum atomic E-state index is -4.80. The zero-order chi connectivity index (χ0) is 22.6. The number of carbonyl (C=O) groups excluding carboxylic acids is 1. The topological polar surface area (TPSA) is 88.0 Å². The molecule has 0 bridgehead atoms. The number of piperazine rings is 1. The Morgan fingerprint density at radius 2 is 1.84 bits per heavy atom. The number of ether oxygens (including phenoxy) is 1. The largest absolute Gasteiger partial charge is 0.423 e. The van der Waals surface area contributed by atoms with Gasteiger partial charge in [0.25, 0.3) is 5.69 Å². The zero-order valence-electron chi connectivity index (χ0n) is 17.4. The number of amides is 1. The first kappa shape index (κ1) is 23.3. The number of halogens is 3. The molecule has 8 nitrogen and oxygen atoms in total. The summed E-state index contributed by atoms with van der Waals surface area (Å²) in [4.78, 5) is 26.1. The van der Waals surface area contributed by atoms with Gasteiger partial charge in [0.2, 0.25) is 5.91 Å². The number of benzene rings is 1. The van der Waals surface area contributed by atoms with Gasteiger partial charge < -0.3 is 19.9 Å². The molecule has 2 aliphatic rings. The molecular formula is C20H27F3N4O4. The van der Waals surface area contributed by atoms with Crippen molar-refractivity contribution in [2.75, 3.05) is 45.2 Å². The number of anilines is 1. The summed E-state index contributed by atoms with van der Waals surface area (Å²) in [5.41, 5.74) is -2.02. The molecule has 0 radical (unpaired) electrons. The second kappa shape index (κ2) is 9.82. The molecule has 1 aromatic rings. The molecule has 0 aromatic heterocycles. The Bertz CT molecular complexity index is 789. The van der Waals surface area contributed by atoms with Gasteiger partial charge in [0.1, 0.15) is 12.2 Å². The van der Waals surface area contributed by atoms with Crippen LogP contribution in [0.3, 0.4) is 0 Å². The van der Waals surface area contributed by atoms with Crippen molar-refractivity contribution < 1.29 is 27.6 Å². The summed E-state index contributed by atoms with van der Waals surface area (Å²) in [6.07, 6.45) is -2.14. The fourth-order valence-corrected chi connectivity index (χ4v) is 3.96. The van der Waals surface area contributed by atoms with E-state index in [0.29, 0.717) is 38.8 Å². The van der Waals surface area contributed by atoms with Crippen molar-refractivity contribution in [1.82, 2.24) is 9.80 Å². The van der Waals surface area contributed by atoms with Crippen molar-refractivity contribution in [2.45, 2.75) is 44.0 Å². The fraction of sp³-hybridized carbons (Fsp3) is 0.650. The maximum atomic E-state index is 13.1. The van der Waals surface area contributed by atoms with Crippen molar-refractivity contribution in [2.24, 2.45) is 0 Å². The van der Waals surface area contributed by atoms with Gasteiger partial charge in [-0.1, -0.05) is 0 Å². The molecule has 31 heavy (non-hydrogen) atoms. The highest BCUT2D eigenvalue weighted by molar-refractivity contribution is 5.77. The van der Waals surface area contributed by atoms with Crippen LogP contribution in [0.1, 0.15) is 31.2 Å². The van der Waals surface area contributed by atoms with Gasteiger partial charge in [-0.25, -0.2) is 0 Å². The SMILES string of the molecule is CN1CCN(C(=O)COC2CCC(Nc3ccc([N+](=O)[O-])c(C(F)(F)F)c3)CC2)CC1. The molecule has 172 valence electrons. The molecule has 0 spiro atoms. The lowest BCUT2D eigenvalue weighted by Crippen LogP contribution is -2.48. The molecule has 11 heteroatoms. The molecule has 1 N–H and O–H groups in total. The van der Waals surface area contributed by atoms with Crippen LogP contribution in [0.2, 0.25) is 0 Å². The van der Waals surface area contributed by atoms with Crippen molar-refractivity contribution >= 4 is 17.3 Å². The zero-order valence-corrected chi connectivity index (χ0v) is 17.4. The smallest absolute Gasteiger partial charge is 0.382 e. The van der Waals surface area contributed by atoms with Crippen LogP contribution in [0.25, 0.3) is 0 Å². The van der Waals surface area contributed by atoms with Gasteiger partial charge in [-0.3, -0.25) is 14.9 Å². The Morgan fingerprint density at radius 3 is 2.42 bits per heavy atom. The van der Waals surface area contributed by atoms with E-state index >= 15 is 0 Å². The van der Waals surface area contributed by atoms with E-state index in [2.05, 4.69) is 10.2 Å². The van der Waals surface area contributed by atoms with Gasteiger partial charge in [-0.2, -0.15) is 13.2 Å². The predicted octanol–water partition coefficient (Wildman–Crippen LogP) is 3.13. The molecule has 1 saturated carbocycles. The number of nitrogens with one attached hydrogen (secondary N) is 1. The highest BCUT2D eigenvalue weighted by Gasteiger charge is 2.38. The lowest BCUT2D eigenvalue weighted by atomic mass is 9.92. The van der Waals surface area contributed by atoms with Gasteiger partial charge in [-0.05, 0) is 44.9 Å². The quantitative estimate of drug-likeness (QED) is 0.536. The number of nitro benzene ring substituents is 1. The Kier molecular flexibility index (Phi) is 7.37. The van der Waals surface area contributed by atoms with E-state index in [0.717, 1.165) is 25.2 Å². The first-order valence-corrected chi connectivity index (χ1v) is 10.3. The Hall–Kier alpha value is -2.40. The molecule has 3 rings (SSSR count). The van der Waals surface area contributed by atoms with E-state index in [1.807, 2.05) is 7.05 Å². The van der Waals surface area contributed by atoms with Crippen LogP contribution >= 0.6 is 0 Å². The molecule has 0 atom stereocenters. The number of hydrogen-bond acceptors (Lipinski definition) is 6. The summed E-state index contributed by atoms with van der Waals surface area (Å²) in [5.74, 6) is -0.0149. The number of nitrogens with zero attached hydrogens (tertiary/aromatic N) is 3. The van der Waals surface area contributed by atoms with Gasteiger partial charge in [0, 0.05) is 44.0 Å². The first-order valence-electron chi connectivity index (χ1n) is 10.3. The standard InChI is InChI=1S/C20H27F3N4O4/c1-25-8-10-26(11-9-25)19(28)13-31-16-5-2-14(3-6-16)24-15-4-7-18(27(29)30)17(12-15)20(21,22)23/h4,7,12,14,16,24H,2-3,5-6,8-11,13H2,1H3. The van der Waals surface area contributed by atoms with Gasteiger partial charge >= 0.3 is 6.18 Å². The average molecular weight is 444 g/mol. The van der Waals surface area contributed by atoms with Crippen LogP contribution in [0.4, 0.5) is 24.5 Å². The highest BCUT2D eigenvalue weighted by Crippen LogP contribution is 2.38. The van der Waals surface area contributed by atoms with Crippen LogP contribution in [-0.4, -0.2) is 72.6 Å². The summed E-state index contributed by atoms with van der Waals surface area (Å²) in [5, 5.41) is 13.9. The highest BCUT2D eigenvalue weighted by atomic mass is 19.4. The number of alkyl halides is 3. The van der Waals surface area contributed by atoms with E-state index in [9.17, 15) is 28.1 Å². The Balaban J connectivity index is 1.47. The van der Waals surface area contributed by atoms with E-state index in [-0.39, 0.29) is 30.3 Å². The maximum absolute atomic E-state index is 13.1. The third-order valence-corrected chi connectivity index (χ3v) is 5.84. The van der Waals surface area contributed by atoms with Crippen molar-refractivity contribution in [1.29, 1.82) is 0 Å². The molecule has 1 heterocycles. The number of nitro groups is 1. The third kappa shape index (κ3) is 6.30. The molecule has 1 aliphatic heterocycles. The van der Waals surface area contributed by atoms with E-state index in [4.69, 9.17) is 4.74 Å². The summed E-state index contributed by atoms with van der Waals surface area (Å²) < 4.78 is 45.2. The first-order chi connectivity index (χ1) is 14.6. The van der Waals surface area contributed by atoms with Crippen LogP contribution in [0, 0.1) is 10.1 Å². The third-order valence-electron chi connectivity index (χ3n) is 5.84. The second-order valence-corrected chi connectivity index (χ2v) is 8.10. The summed E-state index contributed by atoms with van der Waals surface area (Å²) in [6, 6.07) is 2.90.